The summed E-state index contributed by atoms with van der Waals surface area (Å²) in [5.41, 5.74) is 2.55. The van der Waals surface area contributed by atoms with Gasteiger partial charge in [0.15, 0.2) is 0 Å². The fraction of sp³-hybridized carbons (Fsp3) is 0.457. The summed E-state index contributed by atoms with van der Waals surface area (Å²) in [7, 11) is 2.03. The van der Waals surface area contributed by atoms with Crippen molar-refractivity contribution in [3.05, 3.63) is 99.9 Å². The van der Waals surface area contributed by atoms with Crippen molar-refractivity contribution in [2.75, 3.05) is 32.8 Å². The molecule has 4 amide bonds. The summed E-state index contributed by atoms with van der Waals surface area (Å²) in [6, 6.07) is 17.6. The molecule has 4 atom stereocenters. The largest absolute Gasteiger partial charge is 0.457 e. The quantitative estimate of drug-likeness (QED) is 0.163. The van der Waals surface area contributed by atoms with Gasteiger partial charge in [0.25, 0.3) is 0 Å². The van der Waals surface area contributed by atoms with Gasteiger partial charge in [0.2, 0.25) is 23.6 Å². The zero-order valence-corrected chi connectivity index (χ0v) is 36.6. The lowest BCUT2D eigenvalue weighted by molar-refractivity contribution is -0.148. The number of benzene rings is 3. The number of piperidine rings is 1. The first kappa shape index (κ1) is 44.1. The molecular formula is C46H55Cl2N7O6. The zero-order valence-electron chi connectivity index (χ0n) is 35.0. The number of hydrogen-bond acceptors (Lipinski definition) is 8. The molecule has 4 aromatic rings. The predicted molar refractivity (Wildman–Crippen MR) is 234 cm³/mol. The van der Waals surface area contributed by atoms with Crippen LogP contribution in [0, 0.1) is 5.92 Å². The van der Waals surface area contributed by atoms with E-state index in [0.717, 1.165) is 42.3 Å². The summed E-state index contributed by atoms with van der Waals surface area (Å²) in [5, 5.41) is 17.3. The summed E-state index contributed by atoms with van der Waals surface area (Å²) in [6.45, 7) is 6.35. The number of aliphatic hydroxyl groups excluding tert-OH is 1. The normalized spacial score (nSPS) is 23.1. The van der Waals surface area contributed by atoms with Crippen molar-refractivity contribution in [2.45, 2.75) is 89.5 Å². The molecule has 324 valence electrons. The molecule has 2 bridgehead atoms. The maximum Gasteiger partial charge on any atom is 0.245 e. The molecule has 3 N–H and O–H groups in total. The van der Waals surface area contributed by atoms with Crippen LogP contribution in [-0.4, -0.2) is 103 Å². The van der Waals surface area contributed by atoms with E-state index >= 15 is 0 Å². The number of carbonyl (C=O) groups excluding carboxylic acids is 4. The summed E-state index contributed by atoms with van der Waals surface area (Å²) in [5.74, 6) is -0.571. The van der Waals surface area contributed by atoms with Crippen LogP contribution in [0.4, 0.5) is 0 Å². The van der Waals surface area contributed by atoms with Crippen LogP contribution in [0.25, 0.3) is 11.3 Å². The van der Waals surface area contributed by atoms with Crippen molar-refractivity contribution in [3.63, 3.8) is 0 Å². The van der Waals surface area contributed by atoms with E-state index < -0.39 is 47.9 Å². The van der Waals surface area contributed by atoms with Gasteiger partial charge in [-0.2, -0.15) is 0 Å². The fourth-order valence-electron chi connectivity index (χ4n) is 8.78. The van der Waals surface area contributed by atoms with E-state index in [2.05, 4.69) is 20.1 Å². The Morgan fingerprint density at radius 2 is 1.62 bits per heavy atom. The van der Waals surface area contributed by atoms with Crippen LogP contribution in [0.2, 0.25) is 10.0 Å². The molecule has 4 heterocycles. The first-order valence-corrected chi connectivity index (χ1v) is 22.0. The second kappa shape index (κ2) is 19.4. The molecule has 0 aliphatic carbocycles. The number of carbonyl (C=O) groups is 4. The average Bonchev–Trinajstić information content (AvgIpc) is 3.91. The Bertz CT molecular complexity index is 2210. The summed E-state index contributed by atoms with van der Waals surface area (Å²) >= 11 is 12.7. The van der Waals surface area contributed by atoms with Crippen molar-refractivity contribution >= 4 is 46.8 Å². The number of aromatic nitrogens is 2. The maximum atomic E-state index is 14.5. The number of hydrogen-bond donors (Lipinski definition) is 3. The van der Waals surface area contributed by atoms with Gasteiger partial charge in [-0.1, -0.05) is 48.3 Å². The molecule has 3 fully saturated rings. The second-order valence-corrected chi connectivity index (χ2v) is 17.5. The first-order valence-electron chi connectivity index (χ1n) is 21.2. The van der Waals surface area contributed by atoms with Gasteiger partial charge >= 0.3 is 0 Å². The number of fused-ring (bicyclic) bond motifs is 2. The van der Waals surface area contributed by atoms with Crippen LogP contribution in [0.15, 0.2) is 72.9 Å². The highest BCUT2D eigenvalue weighted by atomic mass is 35.5. The highest BCUT2D eigenvalue weighted by Crippen LogP contribution is 2.33. The first-order chi connectivity index (χ1) is 29.3. The lowest BCUT2D eigenvalue weighted by Gasteiger charge is -2.45. The lowest BCUT2D eigenvalue weighted by atomic mass is 9.82. The molecule has 0 saturated carbocycles. The molecule has 3 aromatic carbocycles. The molecule has 3 saturated heterocycles. The highest BCUT2D eigenvalue weighted by molar-refractivity contribution is 6.31. The van der Waals surface area contributed by atoms with E-state index in [1.165, 1.54) is 17.7 Å². The third-order valence-corrected chi connectivity index (χ3v) is 12.9. The molecule has 15 heteroatoms. The Kier molecular flexibility index (Phi) is 14.0. The molecule has 3 aliphatic heterocycles. The number of ether oxygens (including phenoxy) is 1. The number of halogens is 2. The molecule has 61 heavy (non-hydrogen) atoms. The number of imidazole rings is 1. The van der Waals surface area contributed by atoms with E-state index in [9.17, 15) is 24.3 Å². The van der Waals surface area contributed by atoms with E-state index in [4.69, 9.17) is 32.9 Å². The smallest absolute Gasteiger partial charge is 0.245 e. The highest BCUT2D eigenvalue weighted by Gasteiger charge is 2.42. The minimum Gasteiger partial charge on any atom is -0.457 e. The molecular weight excluding hydrogens is 817 g/mol. The van der Waals surface area contributed by atoms with Gasteiger partial charge in [-0.05, 0) is 113 Å². The Morgan fingerprint density at radius 1 is 0.902 bits per heavy atom. The minimum atomic E-state index is -1.31. The second-order valence-electron chi connectivity index (χ2n) is 16.7. The minimum absolute atomic E-state index is 0.0681. The number of amides is 4. The number of aliphatic hydroxyl groups is 1. The van der Waals surface area contributed by atoms with Crippen molar-refractivity contribution in [3.8, 4) is 22.8 Å². The van der Waals surface area contributed by atoms with Crippen molar-refractivity contribution in [2.24, 2.45) is 13.0 Å². The Morgan fingerprint density at radius 3 is 2.33 bits per heavy atom. The number of rotatable bonds is 11. The van der Waals surface area contributed by atoms with Gasteiger partial charge in [0.1, 0.15) is 29.4 Å². The van der Waals surface area contributed by atoms with Crippen LogP contribution in [-0.2, 0) is 45.7 Å². The Hall–Kier alpha value is -4.95. The van der Waals surface area contributed by atoms with Crippen molar-refractivity contribution in [1.82, 2.24) is 34.9 Å². The zero-order chi connectivity index (χ0) is 43.3. The molecule has 0 unspecified atom stereocenters. The van der Waals surface area contributed by atoms with Gasteiger partial charge in [0.05, 0.1) is 37.1 Å². The monoisotopic (exact) mass is 871 g/mol. The van der Waals surface area contributed by atoms with E-state index in [1.807, 2.05) is 56.6 Å². The number of nitrogens with zero attached hydrogens (tertiary/aromatic N) is 5. The molecule has 1 aromatic heterocycles. The van der Waals surface area contributed by atoms with Gasteiger partial charge in [-0.25, -0.2) is 4.98 Å². The molecule has 0 radical (unpaired) electrons. The Balaban J connectivity index is 1.13. The standard InChI is InChI=1S/C46H55Cl2N7O6/c1-4-32-22-42(57)55(30(2)43(58)50-38(28-56)44(59)51-46(18-7-21-54(29-46)45(32)60)24-31-8-13-35(47)14-9-31)26-34-10-15-36(48)23-40(34)61-37-16-11-33(12-17-37)39-25-49-41(52(39)3)27-53-19-5-6-20-53/h8-17,23,25,30,32,38,56H,4-7,18-22,24,26-29H2,1-3H3,(H,50,58)(H,51,59)/t30-,32+,38-,46+/m0/s1. The summed E-state index contributed by atoms with van der Waals surface area (Å²) in [6.07, 6.45) is 6.14. The van der Waals surface area contributed by atoms with Gasteiger partial charge in [-0.3, -0.25) is 24.1 Å². The maximum absolute atomic E-state index is 14.5. The molecule has 0 spiro atoms. The van der Waals surface area contributed by atoms with E-state index in [1.54, 1.807) is 42.2 Å². The summed E-state index contributed by atoms with van der Waals surface area (Å²) in [4.78, 5) is 67.0. The third-order valence-electron chi connectivity index (χ3n) is 12.4. The number of likely N-dealkylation sites (tertiary alicyclic amines) is 1. The van der Waals surface area contributed by atoms with Gasteiger partial charge in [-0.15, -0.1) is 0 Å². The molecule has 7 rings (SSSR count). The van der Waals surface area contributed by atoms with Crippen LogP contribution in [0.1, 0.15) is 69.3 Å². The van der Waals surface area contributed by atoms with E-state index in [0.29, 0.717) is 59.3 Å². The van der Waals surface area contributed by atoms with Crippen LogP contribution >= 0.6 is 23.2 Å². The predicted octanol–water partition coefficient (Wildman–Crippen LogP) is 6.13. The fourth-order valence-corrected chi connectivity index (χ4v) is 9.06. The topological polar surface area (TPSA) is 149 Å². The van der Waals surface area contributed by atoms with Crippen LogP contribution in [0.3, 0.4) is 0 Å². The SMILES string of the molecule is CC[C@@H]1CC(=O)N(Cc2ccc(Cl)cc2Oc2ccc(-c3cnc(CN4CCCC4)n3C)cc2)[C@@H](C)C(=O)N[C@@H](CO)C(=O)N[C@@]2(Cc3ccc(Cl)cc3)CCCN(C2)C1=O. The van der Waals surface area contributed by atoms with Crippen LogP contribution in [0.5, 0.6) is 11.5 Å². The van der Waals surface area contributed by atoms with Crippen molar-refractivity contribution in [1.29, 1.82) is 0 Å². The lowest BCUT2D eigenvalue weighted by Crippen LogP contribution is -2.65. The van der Waals surface area contributed by atoms with E-state index in [-0.39, 0.29) is 25.4 Å². The molecule has 3 aliphatic rings. The summed E-state index contributed by atoms with van der Waals surface area (Å²) < 4.78 is 8.53. The molecule has 13 nitrogen and oxygen atoms in total. The van der Waals surface area contributed by atoms with Gasteiger partial charge in [0, 0.05) is 53.6 Å². The Labute approximate surface area is 367 Å². The number of nitrogens with one attached hydrogen (secondary N) is 2. The average molecular weight is 873 g/mol. The van der Waals surface area contributed by atoms with Crippen LogP contribution < -0.4 is 15.4 Å². The van der Waals surface area contributed by atoms with Gasteiger partial charge < -0.3 is 34.8 Å². The van der Waals surface area contributed by atoms with Crippen molar-refractivity contribution < 1.29 is 29.0 Å². The third kappa shape index (κ3) is 10.4.